The molecule has 1 amide bonds. The quantitative estimate of drug-likeness (QED) is 0.778. The lowest BCUT2D eigenvalue weighted by atomic mass is 10.1. The standard InChI is InChI=1S/C17H16ClN5O/c18-12-1-2-13-14(10-21-15(13)9-12)17(24)23-7-5-22(6-8-23)16-11-19-3-4-20-16/h1-4,9-11,21H,5-8H2. The first-order chi connectivity index (χ1) is 11.7. The summed E-state index contributed by atoms with van der Waals surface area (Å²) >= 11 is 6.00. The average Bonchev–Trinajstić information content (AvgIpc) is 3.05. The minimum absolute atomic E-state index is 0.0439. The Morgan fingerprint density at radius 1 is 1.17 bits per heavy atom. The molecule has 0 unspecified atom stereocenters. The van der Waals surface area contributed by atoms with Crippen molar-refractivity contribution in [1.82, 2.24) is 19.9 Å². The van der Waals surface area contributed by atoms with E-state index in [9.17, 15) is 4.79 Å². The molecule has 0 atom stereocenters. The highest BCUT2D eigenvalue weighted by atomic mass is 35.5. The number of carbonyl (C=O) groups is 1. The van der Waals surface area contributed by atoms with Gasteiger partial charge in [0.2, 0.25) is 0 Å². The van der Waals surface area contributed by atoms with E-state index in [1.165, 1.54) is 0 Å². The van der Waals surface area contributed by atoms with Gasteiger partial charge in [0, 0.05) is 60.7 Å². The number of halogens is 1. The number of hydrogen-bond acceptors (Lipinski definition) is 4. The number of hydrogen-bond donors (Lipinski definition) is 1. The normalized spacial score (nSPS) is 15.0. The van der Waals surface area contributed by atoms with Gasteiger partial charge in [0.25, 0.3) is 5.91 Å². The minimum atomic E-state index is 0.0439. The number of rotatable bonds is 2. The summed E-state index contributed by atoms with van der Waals surface area (Å²) in [5.41, 5.74) is 1.57. The second-order valence-corrected chi connectivity index (χ2v) is 6.17. The molecule has 0 aliphatic carbocycles. The molecule has 3 aromatic rings. The minimum Gasteiger partial charge on any atom is -0.360 e. The number of carbonyl (C=O) groups excluding carboxylic acids is 1. The fraction of sp³-hybridized carbons (Fsp3) is 0.235. The van der Waals surface area contributed by atoms with Gasteiger partial charge >= 0.3 is 0 Å². The molecule has 1 N–H and O–H groups in total. The fourth-order valence-electron chi connectivity index (χ4n) is 3.04. The number of benzene rings is 1. The molecule has 122 valence electrons. The Morgan fingerprint density at radius 3 is 2.75 bits per heavy atom. The third-order valence-electron chi connectivity index (χ3n) is 4.31. The maximum Gasteiger partial charge on any atom is 0.256 e. The molecule has 2 aromatic heterocycles. The smallest absolute Gasteiger partial charge is 0.256 e. The van der Waals surface area contributed by atoms with Gasteiger partial charge in [0.05, 0.1) is 11.8 Å². The van der Waals surface area contributed by atoms with Gasteiger partial charge in [0.1, 0.15) is 5.82 Å². The van der Waals surface area contributed by atoms with E-state index in [0.29, 0.717) is 23.7 Å². The van der Waals surface area contributed by atoms with Crippen molar-refractivity contribution < 1.29 is 4.79 Å². The van der Waals surface area contributed by atoms with Crippen LogP contribution in [0.3, 0.4) is 0 Å². The van der Waals surface area contributed by atoms with E-state index in [1.807, 2.05) is 17.0 Å². The van der Waals surface area contributed by atoms with Gasteiger partial charge in [-0.05, 0) is 12.1 Å². The van der Waals surface area contributed by atoms with E-state index in [-0.39, 0.29) is 5.91 Å². The zero-order chi connectivity index (χ0) is 16.5. The average molecular weight is 342 g/mol. The largest absolute Gasteiger partial charge is 0.360 e. The molecule has 3 heterocycles. The maximum atomic E-state index is 12.8. The molecule has 1 aromatic carbocycles. The van der Waals surface area contributed by atoms with Crippen LogP contribution in [0.5, 0.6) is 0 Å². The predicted molar refractivity (Wildman–Crippen MR) is 93.5 cm³/mol. The summed E-state index contributed by atoms with van der Waals surface area (Å²) in [4.78, 5) is 28.4. The van der Waals surface area contributed by atoms with Crippen molar-refractivity contribution >= 4 is 34.2 Å². The van der Waals surface area contributed by atoms with E-state index in [0.717, 1.165) is 29.8 Å². The second-order valence-electron chi connectivity index (χ2n) is 5.74. The van der Waals surface area contributed by atoms with E-state index in [1.54, 1.807) is 30.9 Å². The van der Waals surface area contributed by atoms with E-state index in [4.69, 9.17) is 11.6 Å². The predicted octanol–water partition coefficient (Wildman–Crippen LogP) is 2.57. The molecule has 1 saturated heterocycles. The first-order valence-corrected chi connectivity index (χ1v) is 8.17. The molecule has 7 heteroatoms. The number of aromatic nitrogens is 3. The lowest BCUT2D eigenvalue weighted by Crippen LogP contribution is -2.49. The Morgan fingerprint density at radius 2 is 2.00 bits per heavy atom. The van der Waals surface area contributed by atoms with E-state index >= 15 is 0 Å². The maximum absolute atomic E-state index is 12.8. The highest BCUT2D eigenvalue weighted by Crippen LogP contribution is 2.24. The Kier molecular flexibility index (Phi) is 3.82. The Hall–Kier alpha value is -2.60. The summed E-state index contributed by atoms with van der Waals surface area (Å²) < 4.78 is 0. The Balaban J connectivity index is 1.50. The summed E-state index contributed by atoms with van der Waals surface area (Å²) in [5, 5.41) is 1.56. The zero-order valence-electron chi connectivity index (χ0n) is 12.9. The highest BCUT2D eigenvalue weighted by Gasteiger charge is 2.24. The molecule has 0 radical (unpaired) electrons. The third kappa shape index (κ3) is 2.69. The van der Waals surface area contributed by atoms with Crippen molar-refractivity contribution in [2.45, 2.75) is 0 Å². The van der Waals surface area contributed by atoms with Crippen LogP contribution in [0.2, 0.25) is 5.02 Å². The van der Waals surface area contributed by atoms with Crippen molar-refractivity contribution in [1.29, 1.82) is 0 Å². The number of nitrogens with one attached hydrogen (secondary N) is 1. The molecular formula is C17H16ClN5O. The van der Waals surface area contributed by atoms with Crippen LogP contribution in [0, 0.1) is 0 Å². The molecule has 0 bridgehead atoms. The van der Waals surface area contributed by atoms with Crippen LogP contribution in [0.1, 0.15) is 10.4 Å². The molecule has 6 nitrogen and oxygen atoms in total. The zero-order valence-corrected chi connectivity index (χ0v) is 13.7. The number of piperazine rings is 1. The molecule has 1 aliphatic heterocycles. The van der Waals surface area contributed by atoms with E-state index < -0.39 is 0 Å². The van der Waals surface area contributed by atoms with Crippen LogP contribution in [0.25, 0.3) is 10.9 Å². The number of anilines is 1. The van der Waals surface area contributed by atoms with Crippen molar-refractivity contribution in [3.63, 3.8) is 0 Å². The molecule has 1 aliphatic rings. The summed E-state index contributed by atoms with van der Waals surface area (Å²) in [6, 6.07) is 5.53. The monoisotopic (exact) mass is 341 g/mol. The molecular weight excluding hydrogens is 326 g/mol. The number of aromatic amines is 1. The van der Waals surface area contributed by atoms with Gasteiger partial charge in [-0.2, -0.15) is 0 Å². The third-order valence-corrected chi connectivity index (χ3v) is 4.55. The summed E-state index contributed by atoms with van der Waals surface area (Å²) in [7, 11) is 0. The molecule has 4 rings (SSSR count). The molecule has 1 fully saturated rings. The summed E-state index contributed by atoms with van der Waals surface area (Å²) in [6.45, 7) is 2.82. The van der Waals surface area contributed by atoms with Crippen molar-refractivity contribution in [3.8, 4) is 0 Å². The van der Waals surface area contributed by atoms with Gasteiger partial charge < -0.3 is 14.8 Å². The molecule has 0 spiro atoms. The second kappa shape index (κ2) is 6.13. The van der Waals surface area contributed by atoms with E-state index in [2.05, 4.69) is 19.9 Å². The lowest BCUT2D eigenvalue weighted by Gasteiger charge is -2.35. The van der Waals surface area contributed by atoms with Crippen molar-refractivity contribution in [2.24, 2.45) is 0 Å². The summed E-state index contributed by atoms with van der Waals surface area (Å²) in [5.74, 6) is 0.897. The Labute approximate surface area is 144 Å². The number of nitrogens with zero attached hydrogens (tertiary/aromatic N) is 4. The molecule has 24 heavy (non-hydrogen) atoms. The van der Waals surface area contributed by atoms with Gasteiger partial charge in [-0.1, -0.05) is 17.7 Å². The first kappa shape index (κ1) is 15.0. The first-order valence-electron chi connectivity index (χ1n) is 7.79. The highest BCUT2D eigenvalue weighted by molar-refractivity contribution is 6.31. The van der Waals surface area contributed by atoms with Gasteiger partial charge in [-0.3, -0.25) is 9.78 Å². The van der Waals surface area contributed by atoms with Crippen LogP contribution in [0.4, 0.5) is 5.82 Å². The van der Waals surface area contributed by atoms with Crippen molar-refractivity contribution in [2.75, 3.05) is 31.1 Å². The SMILES string of the molecule is O=C(c1c[nH]c2cc(Cl)ccc12)N1CCN(c2cnccn2)CC1. The lowest BCUT2D eigenvalue weighted by molar-refractivity contribution is 0.0748. The van der Waals surface area contributed by atoms with Crippen LogP contribution in [0.15, 0.2) is 43.0 Å². The van der Waals surface area contributed by atoms with Gasteiger partial charge in [-0.15, -0.1) is 0 Å². The molecule has 0 saturated carbocycles. The van der Waals surface area contributed by atoms with Crippen LogP contribution >= 0.6 is 11.6 Å². The van der Waals surface area contributed by atoms with Gasteiger partial charge in [0.15, 0.2) is 0 Å². The number of fused-ring (bicyclic) bond motifs is 1. The van der Waals surface area contributed by atoms with Crippen LogP contribution < -0.4 is 4.90 Å². The number of amides is 1. The summed E-state index contributed by atoms with van der Waals surface area (Å²) in [6.07, 6.45) is 6.86. The fourth-order valence-corrected chi connectivity index (χ4v) is 3.21. The van der Waals surface area contributed by atoms with Crippen molar-refractivity contribution in [3.05, 3.63) is 53.6 Å². The number of H-pyrrole nitrogens is 1. The van der Waals surface area contributed by atoms with Gasteiger partial charge in [-0.25, -0.2) is 4.98 Å². The van der Waals surface area contributed by atoms with Crippen LogP contribution in [-0.4, -0.2) is 51.9 Å². The Bertz CT molecular complexity index is 871. The van der Waals surface area contributed by atoms with Crippen LogP contribution in [-0.2, 0) is 0 Å². The topological polar surface area (TPSA) is 65.1 Å².